The van der Waals surface area contributed by atoms with Crippen LogP contribution in [-0.4, -0.2) is 17.2 Å². The van der Waals surface area contributed by atoms with E-state index in [1.54, 1.807) is 6.07 Å². The first-order valence-corrected chi connectivity index (χ1v) is 11.2. The summed E-state index contributed by atoms with van der Waals surface area (Å²) in [6, 6.07) is 26.0. The summed E-state index contributed by atoms with van der Waals surface area (Å²) in [4.78, 5) is 11.9. The fraction of sp³-hybridized carbons (Fsp3) is 0.321. The van der Waals surface area contributed by atoms with Gasteiger partial charge in [-0.05, 0) is 53.5 Å². The minimum Gasteiger partial charge on any atom is -0.457 e. The number of hydrogen-bond acceptors (Lipinski definition) is 4. The van der Waals surface area contributed by atoms with Crippen LogP contribution in [0.15, 0.2) is 78.9 Å². The molecule has 1 aliphatic rings. The molecule has 1 aliphatic heterocycles. The molecular weight excluding hydrogens is 398 g/mol. The second kappa shape index (κ2) is 8.89. The Labute approximate surface area is 190 Å². The molecule has 2 unspecified atom stereocenters. The first-order valence-electron chi connectivity index (χ1n) is 11.2. The molecule has 3 N–H and O–H groups in total. The number of aryl methyl sites for hydroxylation is 1. The van der Waals surface area contributed by atoms with Crippen LogP contribution in [0.5, 0.6) is 0 Å². The lowest BCUT2D eigenvalue weighted by Crippen LogP contribution is -2.50. The summed E-state index contributed by atoms with van der Waals surface area (Å²) in [5, 5.41) is 11.6. The van der Waals surface area contributed by atoms with Gasteiger partial charge in [0, 0.05) is 5.56 Å². The fourth-order valence-corrected chi connectivity index (χ4v) is 4.59. The SMILES string of the molecule is CC(C)(CC(O)C(N)(CCc1ccccc1)c1ccc2c(c1)COC2=O)c1ccccc1. The number of fused-ring (bicyclic) bond motifs is 1. The van der Waals surface area contributed by atoms with E-state index in [0.29, 0.717) is 18.4 Å². The molecule has 3 aromatic rings. The zero-order valence-electron chi connectivity index (χ0n) is 18.8. The summed E-state index contributed by atoms with van der Waals surface area (Å²) in [7, 11) is 0. The minimum absolute atomic E-state index is 0.252. The Morgan fingerprint density at radius 2 is 1.62 bits per heavy atom. The first kappa shape index (κ1) is 22.3. The van der Waals surface area contributed by atoms with Crippen molar-refractivity contribution in [1.29, 1.82) is 0 Å². The molecule has 0 saturated heterocycles. The van der Waals surface area contributed by atoms with Crippen LogP contribution in [0.2, 0.25) is 0 Å². The smallest absolute Gasteiger partial charge is 0.338 e. The molecule has 0 saturated carbocycles. The number of rotatable bonds is 8. The normalized spacial score (nSPS) is 16.2. The number of esters is 1. The first-order chi connectivity index (χ1) is 15.3. The number of aliphatic hydroxyl groups excluding tert-OH is 1. The Morgan fingerprint density at radius 3 is 2.31 bits per heavy atom. The highest BCUT2D eigenvalue weighted by molar-refractivity contribution is 5.93. The average Bonchev–Trinajstić information content (AvgIpc) is 3.18. The summed E-state index contributed by atoms with van der Waals surface area (Å²) in [6.45, 7) is 4.53. The number of cyclic esters (lactones) is 1. The second-order valence-corrected chi connectivity index (χ2v) is 9.44. The molecule has 4 heteroatoms. The number of ether oxygens (including phenoxy) is 1. The molecule has 32 heavy (non-hydrogen) atoms. The van der Waals surface area contributed by atoms with Gasteiger partial charge in [-0.1, -0.05) is 80.6 Å². The van der Waals surface area contributed by atoms with Crippen LogP contribution in [0, 0.1) is 0 Å². The van der Waals surface area contributed by atoms with Gasteiger partial charge in [-0.3, -0.25) is 0 Å². The summed E-state index contributed by atoms with van der Waals surface area (Å²) >= 11 is 0. The van der Waals surface area contributed by atoms with Crippen molar-refractivity contribution in [3.8, 4) is 0 Å². The van der Waals surface area contributed by atoms with Crippen molar-refractivity contribution in [2.75, 3.05) is 0 Å². The van der Waals surface area contributed by atoms with Gasteiger partial charge in [0.1, 0.15) is 6.61 Å². The van der Waals surface area contributed by atoms with Crippen LogP contribution in [0.4, 0.5) is 0 Å². The van der Waals surface area contributed by atoms with Crippen molar-refractivity contribution in [2.24, 2.45) is 5.73 Å². The lowest BCUT2D eigenvalue weighted by Gasteiger charge is -2.39. The zero-order chi connectivity index (χ0) is 22.8. The van der Waals surface area contributed by atoms with E-state index in [4.69, 9.17) is 10.5 Å². The van der Waals surface area contributed by atoms with Crippen LogP contribution in [0.3, 0.4) is 0 Å². The molecule has 0 aromatic heterocycles. The highest BCUT2D eigenvalue weighted by atomic mass is 16.5. The molecule has 0 radical (unpaired) electrons. The van der Waals surface area contributed by atoms with E-state index in [9.17, 15) is 9.90 Å². The van der Waals surface area contributed by atoms with Gasteiger partial charge in [0.25, 0.3) is 0 Å². The summed E-state index contributed by atoms with van der Waals surface area (Å²) in [6.07, 6.45) is 1.05. The number of hydrogen-bond donors (Lipinski definition) is 2. The van der Waals surface area contributed by atoms with E-state index >= 15 is 0 Å². The maximum absolute atomic E-state index is 11.9. The summed E-state index contributed by atoms with van der Waals surface area (Å²) in [5.41, 5.74) is 10.4. The quantitative estimate of drug-likeness (QED) is 0.501. The molecule has 0 spiro atoms. The van der Waals surface area contributed by atoms with Crippen LogP contribution in [0.1, 0.15) is 59.3 Å². The van der Waals surface area contributed by atoms with Crippen molar-refractivity contribution < 1.29 is 14.6 Å². The van der Waals surface area contributed by atoms with Crippen molar-refractivity contribution in [3.63, 3.8) is 0 Å². The fourth-order valence-electron chi connectivity index (χ4n) is 4.59. The summed E-state index contributed by atoms with van der Waals surface area (Å²) in [5.74, 6) is -0.302. The maximum Gasteiger partial charge on any atom is 0.338 e. The maximum atomic E-state index is 11.9. The lowest BCUT2D eigenvalue weighted by atomic mass is 9.71. The largest absolute Gasteiger partial charge is 0.457 e. The third-order valence-corrected chi connectivity index (χ3v) is 6.75. The molecule has 0 bridgehead atoms. The van der Waals surface area contributed by atoms with Gasteiger partial charge in [-0.15, -0.1) is 0 Å². The van der Waals surface area contributed by atoms with Crippen LogP contribution < -0.4 is 5.73 Å². The van der Waals surface area contributed by atoms with Crippen molar-refractivity contribution in [1.82, 2.24) is 0 Å². The van der Waals surface area contributed by atoms with Gasteiger partial charge in [0.05, 0.1) is 17.2 Å². The van der Waals surface area contributed by atoms with Gasteiger partial charge in [0.2, 0.25) is 0 Å². The molecule has 166 valence electrons. The predicted molar refractivity (Wildman–Crippen MR) is 126 cm³/mol. The van der Waals surface area contributed by atoms with Gasteiger partial charge < -0.3 is 15.6 Å². The van der Waals surface area contributed by atoms with Gasteiger partial charge in [-0.25, -0.2) is 4.79 Å². The Hall–Kier alpha value is -2.95. The molecule has 4 rings (SSSR count). The highest BCUT2D eigenvalue weighted by Gasteiger charge is 2.40. The van der Waals surface area contributed by atoms with Crippen molar-refractivity contribution in [3.05, 3.63) is 107 Å². The van der Waals surface area contributed by atoms with Crippen LogP contribution in [-0.2, 0) is 28.7 Å². The van der Waals surface area contributed by atoms with Gasteiger partial charge >= 0.3 is 5.97 Å². The third-order valence-electron chi connectivity index (χ3n) is 6.75. The number of benzene rings is 3. The highest BCUT2D eigenvalue weighted by Crippen LogP contribution is 2.37. The molecule has 1 heterocycles. The molecular formula is C28H31NO3. The van der Waals surface area contributed by atoms with Crippen LogP contribution in [0.25, 0.3) is 0 Å². The Bertz CT molecular complexity index is 1080. The van der Waals surface area contributed by atoms with E-state index in [0.717, 1.165) is 23.1 Å². The van der Waals surface area contributed by atoms with Crippen LogP contribution >= 0.6 is 0 Å². The van der Waals surface area contributed by atoms with Crippen molar-refractivity contribution in [2.45, 2.75) is 56.8 Å². The Balaban J connectivity index is 1.66. The third kappa shape index (κ3) is 4.47. The van der Waals surface area contributed by atoms with Crippen molar-refractivity contribution >= 4 is 5.97 Å². The van der Waals surface area contributed by atoms with E-state index in [2.05, 4.69) is 38.1 Å². The van der Waals surface area contributed by atoms with Gasteiger partial charge in [-0.2, -0.15) is 0 Å². The molecule has 0 amide bonds. The topological polar surface area (TPSA) is 72.6 Å². The Morgan fingerprint density at radius 1 is 0.969 bits per heavy atom. The van der Waals surface area contributed by atoms with E-state index in [1.807, 2.05) is 48.5 Å². The Kier molecular flexibility index (Phi) is 6.18. The molecule has 4 nitrogen and oxygen atoms in total. The number of aliphatic hydroxyl groups is 1. The average molecular weight is 430 g/mol. The monoisotopic (exact) mass is 429 g/mol. The minimum atomic E-state index is -0.970. The molecule has 3 aromatic carbocycles. The number of carbonyl (C=O) groups is 1. The van der Waals surface area contributed by atoms with E-state index < -0.39 is 11.6 Å². The van der Waals surface area contributed by atoms with E-state index in [-0.39, 0.29) is 18.0 Å². The second-order valence-electron chi connectivity index (χ2n) is 9.44. The molecule has 0 fully saturated rings. The molecule has 0 aliphatic carbocycles. The number of nitrogens with two attached hydrogens (primary N) is 1. The predicted octanol–water partition coefficient (Wildman–Crippen LogP) is 4.87. The standard InChI is InChI=1S/C28H31NO3/c1-27(2,22-11-7-4-8-12-22)18-25(30)28(29,16-15-20-9-5-3-6-10-20)23-13-14-24-21(17-23)19-32-26(24)31/h3-14,17,25,30H,15-16,18-19,29H2,1-2H3. The van der Waals surface area contributed by atoms with E-state index in [1.165, 1.54) is 5.56 Å². The zero-order valence-corrected chi connectivity index (χ0v) is 18.8. The lowest BCUT2D eigenvalue weighted by molar-refractivity contribution is 0.0511. The van der Waals surface area contributed by atoms with Gasteiger partial charge in [0.15, 0.2) is 0 Å². The molecule has 2 atom stereocenters. The summed E-state index contributed by atoms with van der Waals surface area (Å²) < 4.78 is 5.18. The number of carbonyl (C=O) groups excluding carboxylic acids is 1.